The third kappa shape index (κ3) is 3.43. The average molecular weight is 226 g/mol. The molecule has 0 spiro atoms. The zero-order valence-corrected chi connectivity index (χ0v) is 9.96. The third-order valence-electron chi connectivity index (χ3n) is 2.73. The number of anilines is 1. The van der Waals surface area contributed by atoms with Gasteiger partial charge in [0.15, 0.2) is 0 Å². The number of likely N-dealkylation sites (tertiary alicyclic amines) is 1. The number of hydrogen-bond acceptors (Lipinski definition) is 5. The van der Waals surface area contributed by atoms with Crippen LogP contribution in [-0.4, -0.2) is 41.3 Å². The molecule has 84 valence electrons. The molecule has 1 unspecified atom stereocenters. The second-order valence-corrected chi connectivity index (χ2v) is 5.07. The van der Waals surface area contributed by atoms with Crippen molar-refractivity contribution in [3.63, 3.8) is 0 Å². The normalized spacial score (nSPS) is 19.3. The molecule has 1 fully saturated rings. The second-order valence-electron chi connectivity index (χ2n) is 4.24. The van der Waals surface area contributed by atoms with Gasteiger partial charge in [0.2, 0.25) is 5.13 Å². The summed E-state index contributed by atoms with van der Waals surface area (Å²) in [6.45, 7) is 7.04. The Hall–Kier alpha value is -0.680. The van der Waals surface area contributed by atoms with Gasteiger partial charge in [0, 0.05) is 13.1 Å². The maximum Gasteiger partial charge on any atom is 0.205 e. The number of rotatable bonds is 5. The highest BCUT2D eigenvalue weighted by Gasteiger charge is 2.14. The Morgan fingerprint density at radius 1 is 1.53 bits per heavy atom. The SMILES string of the molecule is CC(CNc1nncs1)CN1CCCC1. The molecule has 1 aliphatic heterocycles. The Morgan fingerprint density at radius 3 is 3.00 bits per heavy atom. The minimum atomic E-state index is 0.673. The van der Waals surface area contributed by atoms with E-state index in [0.29, 0.717) is 5.92 Å². The molecular formula is C10H18N4S. The van der Waals surface area contributed by atoms with E-state index in [1.165, 1.54) is 32.5 Å². The van der Waals surface area contributed by atoms with E-state index in [-0.39, 0.29) is 0 Å². The van der Waals surface area contributed by atoms with Gasteiger partial charge in [-0.2, -0.15) is 0 Å². The van der Waals surface area contributed by atoms with E-state index in [4.69, 9.17) is 0 Å². The Kier molecular flexibility index (Phi) is 3.91. The highest BCUT2D eigenvalue weighted by atomic mass is 32.1. The molecule has 1 aliphatic rings. The predicted octanol–water partition coefficient (Wildman–Crippen LogP) is 1.68. The van der Waals surface area contributed by atoms with E-state index in [9.17, 15) is 0 Å². The van der Waals surface area contributed by atoms with Crippen LogP contribution in [0.15, 0.2) is 5.51 Å². The van der Waals surface area contributed by atoms with Crippen molar-refractivity contribution in [1.29, 1.82) is 0 Å². The van der Waals surface area contributed by atoms with E-state index < -0.39 is 0 Å². The summed E-state index contributed by atoms with van der Waals surface area (Å²) >= 11 is 1.56. The summed E-state index contributed by atoms with van der Waals surface area (Å²) in [5, 5.41) is 12.0. The Labute approximate surface area is 94.7 Å². The number of nitrogens with one attached hydrogen (secondary N) is 1. The van der Waals surface area contributed by atoms with Crippen LogP contribution in [0.1, 0.15) is 19.8 Å². The van der Waals surface area contributed by atoms with Crippen molar-refractivity contribution in [3.05, 3.63) is 5.51 Å². The van der Waals surface area contributed by atoms with Gasteiger partial charge in [0.05, 0.1) is 0 Å². The maximum atomic E-state index is 3.96. The molecule has 0 aromatic carbocycles. The fourth-order valence-electron chi connectivity index (χ4n) is 1.98. The van der Waals surface area contributed by atoms with Gasteiger partial charge >= 0.3 is 0 Å². The monoisotopic (exact) mass is 226 g/mol. The first-order valence-electron chi connectivity index (χ1n) is 5.57. The van der Waals surface area contributed by atoms with Gasteiger partial charge in [-0.1, -0.05) is 18.3 Å². The van der Waals surface area contributed by atoms with Gasteiger partial charge in [0.1, 0.15) is 5.51 Å². The van der Waals surface area contributed by atoms with Gasteiger partial charge in [-0.15, -0.1) is 10.2 Å². The number of aromatic nitrogens is 2. The quantitative estimate of drug-likeness (QED) is 0.829. The molecule has 0 aliphatic carbocycles. The Balaban J connectivity index is 1.66. The summed E-state index contributed by atoms with van der Waals surface area (Å²) in [6.07, 6.45) is 2.74. The fraction of sp³-hybridized carbons (Fsp3) is 0.800. The zero-order chi connectivity index (χ0) is 10.5. The molecule has 1 N–H and O–H groups in total. The molecule has 1 aromatic rings. The van der Waals surface area contributed by atoms with E-state index >= 15 is 0 Å². The van der Waals surface area contributed by atoms with Crippen molar-refractivity contribution in [2.24, 2.45) is 5.92 Å². The van der Waals surface area contributed by atoms with E-state index in [1.807, 2.05) is 0 Å². The smallest absolute Gasteiger partial charge is 0.205 e. The van der Waals surface area contributed by atoms with Crippen LogP contribution in [0.4, 0.5) is 5.13 Å². The van der Waals surface area contributed by atoms with Gasteiger partial charge in [-0.05, 0) is 31.8 Å². The van der Waals surface area contributed by atoms with Gasteiger partial charge in [-0.25, -0.2) is 0 Å². The van der Waals surface area contributed by atoms with Crippen molar-refractivity contribution < 1.29 is 0 Å². The van der Waals surface area contributed by atoms with Crippen LogP contribution in [-0.2, 0) is 0 Å². The van der Waals surface area contributed by atoms with Crippen LogP contribution in [0.3, 0.4) is 0 Å². The number of nitrogens with zero attached hydrogens (tertiary/aromatic N) is 3. The molecule has 0 saturated carbocycles. The molecule has 1 aromatic heterocycles. The predicted molar refractivity (Wildman–Crippen MR) is 63.2 cm³/mol. The van der Waals surface area contributed by atoms with Gasteiger partial charge in [-0.3, -0.25) is 0 Å². The Morgan fingerprint density at radius 2 is 2.33 bits per heavy atom. The molecule has 0 bridgehead atoms. The molecule has 4 nitrogen and oxygen atoms in total. The topological polar surface area (TPSA) is 41.1 Å². The first-order valence-corrected chi connectivity index (χ1v) is 6.45. The van der Waals surface area contributed by atoms with Crippen molar-refractivity contribution in [1.82, 2.24) is 15.1 Å². The van der Waals surface area contributed by atoms with Crippen LogP contribution < -0.4 is 5.32 Å². The minimum Gasteiger partial charge on any atom is -0.360 e. The molecule has 5 heteroatoms. The van der Waals surface area contributed by atoms with Crippen molar-refractivity contribution in [3.8, 4) is 0 Å². The van der Waals surface area contributed by atoms with E-state index in [1.54, 1.807) is 16.8 Å². The lowest BCUT2D eigenvalue weighted by atomic mass is 10.2. The molecule has 0 amide bonds. The van der Waals surface area contributed by atoms with Crippen LogP contribution in [0.5, 0.6) is 0 Å². The number of hydrogen-bond donors (Lipinski definition) is 1. The standard InChI is InChI=1S/C10H18N4S/c1-9(7-14-4-2-3-5-14)6-11-10-13-12-8-15-10/h8-9H,2-7H2,1H3,(H,11,13). The van der Waals surface area contributed by atoms with Gasteiger partial charge < -0.3 is 10.2 Å². The summed E-state index contributed by atoms with van der Waals surface area (Å²) in [5.41, 5.74) is 1.76. The highest BCUT2D eigenvalue weighted by molar-refractivity contribution is 7.13. The first kappa shape index (κ1) is 10.8. The van der Waals surface area contributed by atoms with Crippen LogP contribution in [0.2, 0.25) is 0 Å². The molecular weight excluding hydrogens is 208 g/mol. The second kappa shape index (κ2) is 5.42. The largest absolute Gasteiger partial charge is 0.360 e. The molecule has 0 radical (unpaired) electrons. The third-order valence-corrected chi connectivity index (χ3v) is 3.38. The lowest BCUT2D eigenvalue weighted by Gasteiger charge is -2.20. The first-order chi connectivity index (χ1) is 7.34. The maximum absolute atomic E-state index is 3.96. The average Bonchev–Trinajstić information content (AvgIpc) is 2.86. The summed E-state index contributed by atoms with van der Waals surface area (Å²) in [6, 6.07) is 0. The zero-order valence-electron chi connectivity index (χ0n) is 9.15. The fourth-order valence-corrected chi connectivity index (χ4v) is 2.44. The summed E-state index contributed by atoms with van der Waals surface area (Å²) in [7, 11) is 0. The van der Waals surface area contributed by atoms with Crippen LogP contribution in [0, 0.1) is 5.92 Å². The summed E-state index contributed by atoms with van der Waals surface area (Å²) < 4.78 is 0. The van der Waals surface area contributed by atoms with Gasteiger partial charge in [0.25, 0.3) is 0 Å². The highest BCUT2D eigenvalue weighted by Crippen LogP contribution is 2.12. The van der Waals surface area contributed by atoms with Crippen molar-refractivity contribution in [2.75, 3.05) is 31.5 Å². The summed E-state index contributed by atoms with van der Waals surface area (Å²) in [5.74, 6) is 0.673. The van der Waals surface area contributed by atoms with Crippen molar-refractivity contribution >= 4 is 16.5 Å². The molecule has 1 saturated heterocycles. The van der Waals surface area contributed by atoms with Crippen LogP contribution in [0.25, 0.3) is 0 Å². The van der Waals surface area contributed by atoms with Crippen LogP contribution >= 0.6 is 11.3 Å². The molecule has 2 rings (SSSR count). The minimum absolute atomic E-state index is 0.673. The summed E-state index contributed by atoms with van der Waals surface area (Å²) in [4.78, 5) is 2.55. The van der Waals surface area contributed by atoms with E-state index in [0.717, 1.165) is 11.7 Å². The molecule has 15 heavy (non-hydrogen) atoms. The molecule has 2 heterocycles. The van der Waals surface area contributed by atoms with E-state index in [2.05, 4.69) is 27.3 Å². The lowest BCUT2D eigenvalue weighted by Crippen LogP contribution is -2.28. The Bertz CT molecular complexity index is 269. The van der Waals surface area contributed by atoms with Crippen molar-refractivity contribution in [2.45, 2.75) is 19.8 Å². The lowest BCUT2D eigenvalue weighted by molar-refractivity contribution is 0.294. The molecule has 1 atom stereocenters.